The van der Waals surface area contributed by atoms with E-state index < -0.39 is 0 Å². The van der Waals surface area contributed by atoms with Crippen molar-refractivity contribution in [3.8, 4) is 0 Å². The first kappa shape index (κ1) is 16.4. The molecule has 0 unspecified atom stereocenters. The lowest BCUT2D eigenvalue weighted by Gasteiger charge is -2.36. The molecule has 6 nitrogen and oxygen atoms in total. The maximum absolute atomic E-state index is 12.5. The van der Waals surface area contributed by atoms with Crippen LogP contribution in [0.2, 0.25) is 0 Å². The van der Waals surface area contributed by atoms with Crippen molar-refractivity contribution >= 4 is 22.7 Å². The van der Waals surface area contributed by atoms with E-state index in [1.165, 1.54) is 5.69 Å². The van der Waals surface area contributed by atoms with E-state index >= 15 is 0 Å². The summed E-state index contributed by atoms with van der Waals surface area (Å²) in [6, 6.07) is 16.2. The van der Waals surface area contributed by atoms with Crippen LogP contribution in [0.3, 0.4) is 0 Å². The molecular formula is C20H22N4O2. The number of hydrogen-bond acceptors (Lipinski definition) is 4. The van der Waals surface area contributed by atoms with Gasteiger partial charge in [-0.05, 0) is 31.2 Å². The molecule has 2 amide bonds. The maximum Gasteiger partial charge on any atom is 0.317 e. The number of fused-ring (bicyclic) bond motifs is 1. The quantitative estimate of drug-likeness (QED) is 0.788. The van der Waals surface area contributed by atoms with Crippen LogP contribution in [0, 0.1) is 6.92 Å². The molecule has 1 N–H and O–H groups in total. The molecule has 0 saturated carbocycles. The van der Waals surface area contributed by atoms with Gasteiger partial charge < -0.3 is 19.6 Å². The average molecular weight is 350 g/mol. The number of urea groups is 1. The molecule has 134 valence electrons. The van der Waals surface area contributed by atoms with Gasteiger partial charge in [0.05, 0.1) is 6.54 Å². The lowest BCUT2D eigenvalue weighted by atomic mass is 10.1. The van der Waals surface area contributed by atoms with Crippen LogP contribution in [-0.2, 0) is 6.54 Å². The zero-order chi connectivity index (χ0) is 17.9. The highest BCUT2D eigenvalue weighted by atomic mass is 16.5. The third-order valence-corrected chi connectivity index (χ3v) is 4.80. The minimum atomic E-state index is -0.0542. The number of para-hydroxylation sites is 1. The molecule has 3 aromatic rings. The Morgan fingerprint density at radius 1 is 1.12 bits per heavy atom. The number of carbonyl (C=O) groups is 1. The van der Waals surface area contributed by atoms with Gasteiger partial charge in [0.15, 0.2) is 5.58 Å². The molecule has 0 radical (unpaired) electrons. The maximum atomic E-state index is 12.5. The Morgan fingerprint density at radius 3 is 2.65 bits per heavy atom. The first-order valence-corrected chi connectivity index (χ1v) is 8.88. The first-order chi connectivity index (χ1) is 12.7. The van der Waals surface area contributed by atoms with Crippen molar-refractivity contribution < 1.29 is 9.32 Å². The normalized spacial score (nSPS) is 14.7. The smallest absolute Gasteiger partial charge is 0.317 e. The number of aromatic nitrogens is 1. The molecule has 2 aromatic carbocycles. The number of anilines is 1. The van der Waals surface area contributed by atoms with Gasteiger partial charge in [0.1, 0.15) is 5.69 Å². The first-order valence-electron chi connectivity index (χ1n) is 8.88. The summed E-state index contributed by atoms with van der Waals surface area (Å²) < 4.78 is 5.32. The minimum Gasteiger partial charge on any atom is -0.368 e. The second-order valence-electron chi connectivity index (χ2n) is 6.60. The number of nitrogens with zero attached hydrogens (tertiary/aromatic N) is 3. The van der Waals surface area contributed by atoms with E-state index in [1.54, 1.807) is 0 Å². The number of aryl methyl sites for hydroxylation is 1. The van der Waals surface area contributed by atoms with Gasteiger partial charge in [-0.2, -0.15) is 0 Å². The van der Waals surface area contributed by atoms with E-state index in [0.717, 1.165) is 35.3 Å². The van der Waals surface area contributed by atoms with Gasteiger partial charge in [0.2, 0.25) is 0 Å². The molecule has 1 aliphatic heterocycles. The molecule has 0 spiro atoms. The monoisotopic (exact) mass is 350 g/mol. The van der Waals surface area contributed by atoms with E-state index in [-0.39, 0.29) is 6.03 Å². The van der Waals surface area contributed by atoms with Crippen LogP contribution in [0.5, 0.6) is 0 Å². The van der Waals surface area contributed by atoms with Crippen LogP contribution in [0.1, 0.15) is 11.3 Å². The van der Waals surface area contributed by atoms with Crippen molar-refractivity contribution in [3.05, 3.63) is 59.8 Å². The zero-order valence-electron chi connectivity index (χ0n) is 14.8. The van der Waals surface area contributed by atoms with Gasteiger partial charge in [0, 0.05) is 37.3 Å². The third kappa shape index (κ3) is 3.35. The van der Waals surface area contributed by atoms with E-state index in [1.807, 2.05) is 48.2 Å². The zero-order valence-corrected chi connectivity index (χ0v) is 14.8. The van der Waals surface area contributed by atoms with Crippen molar-refractivity contribution in [1.29, 1.82) is 0 Å². The topological polar surface area (TPSA) is 61.6 Å². The van der Waals surface area contributed by atoms with Crippen LogP contribution in [0.4, 0.5) is 10.5 Å². The molecule has 0 aliphatic carbocycles. The van der Waals surface area contributed by atoms with E-state index in [4.69, 9.17) is 4.52 Å². The van der Waals surface area contributed by atoms with Gasteiger partial charge in [0.25, 0.3) is 0 Å². The highest BCUT2D eigenvalue weighted by molar-refractivity contribution is 5.81. The number of benzene rings is 2. The van der Waals surface area contributed by atoms with Gasteiger partial charge in [-0.25, -0.2) is 4.79 Å². The largest absolute Gasteiger partial charge is 0.368 e. The molecule has 1 aliphatic rings. The summed E-state index contributed by atoms with van der Waals surface area (Å²) in [6.45, 7) is 5.49. The summed E-state index contributed by atoms with van der Waals surface area (Å²) in [4.78, 5) is 16.6. The van der Waals surface area contributed by atoms with Crippen molar-refractivity contribution in [3.63, 3.8) is 0 Å². The molecule has 6 heteroatoms. The Hall–Kier alpha value is -3.02. The molecule has 26 heavy (non-hydrogen) atoms. The standard InChI is InChI=1S/C20H22N4O2/c1-15-7-8-19-17(13-15)18(22-26-19)14-21-20(25)24-11-9-23(10-12-24)16-5-3-2-4-6-16/h2-8,13H,9-12,14H2,1H3,(H,21,25). The summed E-state index contributed by atoms with van der Waals surface area (Å²) in [6.07, 6.45) is 0. The van der Waals surface area contributed by atoms with Crippen LogP contribution in [-0.4, -0.2) is 42.3 Å². The van der Waals surface area contributed by atoms with Crippen molar-refractivity contribution in [2.75, 3.05) is 31.1 Å². The highest BCUT2D eigenvalue weighted by Gasteiger charge is 2.21. The van der Waals surface area contributed by atoms with Gasteiger partial charge >= 0.3 is 6.03 Å². The second-order valence-corrected chi connectivity index (χ2v) is 6.60. The number of carbonyl (C=O) groups excluding carboxylic acids is 1. The molecule has 4 rings (SSSR count). The fraction of sp³-hybridized carbons (Fsp3) is 0.300. The van der Waals surface area contributed by atoms with Crippen LogP contribution >= 0.6 is 0 Å². The van der Waals surface area contributed by atoms with Gasteiger partial charge in [-0.3, -0.25) is 0 Å². The third-order valence-electron chi connectivity index (χ3n) is 4.80. The summed E-state index contributed by atoms with van der Waals surface area (Å²) in [5.74, 6) is 0. The SMILES string of the molecule is Cc1ccc2onc(CNC(=O)N3CCN(c4ccccc4)CC3)c2c1. The Balaban J connectivity index is 1.33. The molecule has 1 fully saturated rings. The number of hydrogen-bond donors (Lipinski definition) is 1. The van der Waals surface area contributed by atoms with E-state index in [9.17, 15) is 4.79 Å². The molecular weight excluding hydrogens is 328 g/mol. The van der Waals surface area contributed by atoms with Crippen LogP contribution in [0.15, 0.2) is 53.1 Å². The fourth-order valence-corrected chi connectivity index (χ4v) is 3.31. The van der Waals surface area contributed by atoms with E-state index in [0.29, 0.717) is 19.6 Å². The van der Waals surface area contributed by atoms with Crippen molar-refractivity contribution in [2.45, 2.75) is 13.5 Å². The lowest BCUT2D eigenvalue weighted by Crippen LogP contribution is -2.51. The van der Waals surface area contributed by atoms with Crippen molar-refractivity contribution in [1.82, 2.24) is 15.4 Å². The highest BCUT2D eigenvalue weighted by Crippen LogP contribution is 2.20. The second kappa shape index (κ2) is 7.07. The van der Waals surface area contributed by atoms with Gasteiger partial charge in [-0.1, -0.05) is 35.0 Å². The number of rotatable bonds is 3. The Morgan fingerprint density at radius 2 is 1.88 bits per heavy atom. The molecule has 0 atom stereocenters. The number of piperazine rings is 1. The predicted molar refractivity (Wildman–Crippen MR) is 101 cm³/mol. The predicted octanol–water partition coefficient (Wildman–Crippen LogP) is 3.17. The molecule has 0 bridgehead atoms. The summed E-state index contributed by atoms with van der Waals surface area (Å²) in [7, 11) is 0. The Labute approximate surface area is 152 Å². The molecule has 1 saturated heterocycles. The Bertz CT molecular complexity index is 899. The average Bonchev–Trinajstić information content (AvgIpc) is 3.09. The fourth-order valence-electron chi connectivity index (χ4n) is 3.31. The summed E-state index contributed by atoms with van der Waals surface area (Å²) in [5, 5.41) is 8.01. The molecule has 1 aromatic heterocycles. The van der Waals surface area contributed by atoms with E-state index in [2.05, 4.69) is 27.5 Å². The molecule has 2 heterocycles. The number of amides is 2. The lowest BCUT2D eigenvalue weighted by molar-refractivity contribution is 0.193. The van der Waals surface area contributed by atoms with Crippen LogP contribution in [0.25, 0.3) is 11.0 Å². The number of nitrogens with one attached hydrogen (secondary N) is 1. The minimum absolute atomic E-state index is 0.0542. The van der Waals surface area contributed by atoms with Gasteiger partial charge in [-0.15, -0.1) is 0 Å². The summed E-state index contributed by atoms with van der Waals surface area (Å²) >= 11 is 0. The summed E-state index contributed by atoms with van der Waals surface area (Å²) in [5.41, 5.74) is 3.86. The van der Waals surface area contributed by atoms with Crippen molar-refractivity contribution in [2.24, 2.45) is 0 Å². The van der Waals surface area contributed by atoms with Crippen LogP contribution < -0.4 is 10.2 Å². The Kier molecular flexibility index (Phi) is 4.48.